The van der Waals surface area contributed by atoms with Gasteiger partial charge in [-0.05, 0) is 13.8 Å². The van der Waals surface area contributed by atoms with Crippen LogP contribution in [0.2, 0.25) is 0 Å². The van der Waals surface area contributed by atoms with Crippen molar-refractivity contribution in [3.63, 3.8) is 0 Å². The molecule has 0 fully saturated rings. The third kappa shape index (κ3) is 2.10. The van der Waals surface area contributed by atoms with Crippen LogP contribution in [0.15, 0.2) is 4.52 Å². The highest BCUT2D eigenvalue weighted by atomic mass is 16.5. The molecule has 6 heteroatoms. The number of hydrogen-bond acceptors (Lipinski definition) is 5. The van der Waals surface area contributed by atoms with Crippen molar-refractivity contribution in [2.45, 2.75) is 40.2 Å². The summed E-state index contributed by atoms with van der Waals surface area (Å²) in [4.78, 5) is 8.50. The molecule has 2 heterocycles. The van der Waals surface area contributed by atoms with E-state index in [0.717, 1.165) is 17.5 Å². The SMILES string of the molecule is Cc1nc(C)n(Cc2nc(C(C)C)no2)n1. The van der Waals surface area contributed by atoms with Crippen LogP contribution in [-0.2, 0) is 6.54 Å². The lowest BCUT2D eigenvalue weighted by Gasteiger charge is -1.97. The van der Waals surface area contributed by atoms with Gasteiger partial charge < -0.3 is 4.52 Å². The Morgan fingerprint density at radius 2 is 2.00 bits per heavy atom. The van der Waals surface area contributed by atoms with E-state index in [2.05, 4.69) is 20.2 Å². The lowest BCUT2D eigenvalue weighted by molar-refractivity contribution is 0.358. The van der Waals surface area contributed by atoms with Crippen LogP contribution in [0, 0.1) is 13.8 Å². The standard InChI is InChI=1S/C10H15N5O/c1-6(2)10-12-9(16-14-10)5-15-8(4)11-7(3)13-15/h6H,5H2,1-4H3. The van der Waals surface area contributed by atoms with Gasteiger partial charge in [0.25, 0.3) is 0 Å². The van der Waals surface area contributed by atoms with E-state index < -0.39 is 0 Å². The van der Waals surface area contributed by atoms with Gasteiger partial charge in [0.05, 0.1) is 0 Å². The number of rotatable bonds is 3. The summed E-state index contributed by atoms with van der Waals surface area (Å²) in [5.74, 6) is 3.17. The number of nitrogens with zero attached hydrogens (tertiary/aromatic N) is 5. The molecular formula is C10H15N5O. The largest absolute Gasteiger partial charge is 0.337 e. The summed E-state index contributed by atoms with van der Waals surface area (Å²) >= 11 is 0. The Balaban J connectivity index is 2.17. The Hall–Kier alpha value is -1.72. The van der Waals surface area contributed by atoms with Gasteiger partial charge in [-0.3, -0.25) is 0 Å². The molecular weight excluding hydrogens is 206 g/mol. The van der Waals surface area contributed by atoms with E-state index in [0.29, 0.717) is 12.4 Å². The topological polar surface area (TPSA) is 69.6 Å². The minimum atomic E-state index is 0.274. The van der Waals surface area contributed by atoms with E-state index in [-0.39, 0.29) is 5.92 Å². The van der Waals surface area contributed by atoms with Crippen LogP contribution in [0.3, 0.4) is 0 Å². The second kappa shape index (κ2) is 4.03. The number of aromatic nitrogens is 5. The zero-order chi connectivity index (χ0) is 11.7. The highest BCUT2D eigenvalue weighted by molar-refractivity contribution is 4.94. The maximum absolute atomic E-state index is 5.14. The van der Waals surface area contributed by atoms with Gasteiger partial charge in [0.15, 0.2) is 5.82 Å². The average Bonchev–Trinajstić information content (AvgIpc) is 2.75. The van der Waals surface area contributed by atoms with Crippen LogP contribution in [0.1, 0.15) is 43.1 Å². The van der Waals surface area contributed by atoms with Gasteiger partial charge in [0.1, 0.15) is 18.2 Å². The maximum Gasteiger partial charge on any atom is 0.248 e. The fourth-order valence-electron chi connectivity index (χ4n) is 1.41. The summed E-state index contributed by atoms with van der Waals surface area (Å²) in [5.41, 5.74) is 0. The predicted molar refractivity (Wildman–Crippen MR) is 57.0 cm³/mol. The molecule has 0 atom stereocenters. The molecule has 2 rings (SSSR count). The van der Waals surface area contributed by atoms with Crippen LogP contribution >= 0.6 is 0 Å². The van der Waals surface area contributed by atoms with E-state index in [1.54, 1.807) is 4.68 Å². The molecule has 0 saturated carbocycles. The monoisotopic (exact) mass is 221 g/mol. The van der Waals surface area contributed by atoms with Gasteiger partial charge in [-0.25, -0.2) is 9.67 Å². The van der Waals surface area contributed by atoms with Crippen molar-refractivity contribution in [3.8, 4) is 0 Å². The summed E-state index contributed by atoms with van der Waals surface area (Å²) in [6.45, 7) is 8.29. The second-order valence-corrected chi connectivity index (χ2v) is 4.06. The lowest BCUT2D eigenvalue weighted by Crippen LogP contribution is -2.04. The lowest BCUT2D eigenvalue weighted by atomic mass is 10.2. The van der Waals surface area contributed by atoms with Crippen LogP contribution < -0.4 is 0 Å². The van der Waals surface area contributed by atoms with Crippen molar-refractivity contribution in [2.24, 2.45) is 0 Å². The van der Waals surface area contributed by atoms with Crippen molar-refractivity contribution < 1.29 is 4.52 Å². The second-order valence-electron chi connectivity index (χ2n) is 4.06. The van der Waals surface area contributed by atoms with Crippen LogP contribution in [-0.4, -0.2) is 24.9 Å². The van der Waals surface area contributed by atoms with Crippen molar-refractivity contribution >= 4 is 0 Å². The van der Waals surface area contributed by atoms with Gasteiger partial charge in [0.2, 0.25) is 5.89 Å². The summed E-state index contributed by atoms with van der Waals surface area (Å²) in [6.07, 6.45) is 0. The highest BCUT2D eigenvalue weighted by Crippen LogP contribution is 2.10. The van der Waals surface area contributed by atoms with E-state index in [1.165, 1.54) is 0 Å². The molecule has 0 bridgehead atoms. The zero-order valence-electron chi connectivity index (χ0n) is 9.93. The molecule has 0 N–H and O–H groups in total. The molecule has 0 unspecified atom stereocenters. The van der Waals surface area contributed by atoms with Crippen molar-refractivity contribution in [2.75, 3.05) is 0 Å². The molecule has 0 spiro atoms. The van der Waals surface area contributed by atoms with E-state index >= 15 is 0 Å². The Kier molecular flexibility index (Phi) is 2.72. The first kappa shape index (κ1) is 10.8. The van der Waals surface area contributed by atoms with Crippen molar-refractivity contribution in [1.29, 1.82) is 0 Å². The molecule has 0 radical (unpaired) electrons. The molecule has 0 aliphatic rings. The Labute approximate surface area is 93.7 Å². The van der Waals surface area contributed by atoms with E-state index in [9.17, 15) is 0 Å². The third-order valence-electron chi connectivity index (χ3n) is 2.25. The molecule has 2 aromatic rings. The summed E-state index contributed by atoms with van der Waals surface area (Å²) < 4.78 is 6.90. The molecule has 2 aromatic heterocycles. The maximum atomic E-state index is 5.14. The minimum absolute atomic E-state index is 0.274. The fourth-order valence-corrected chi connectivity index (χ4v) is 1.41. The Morgan fingerprint density at radius 3 is 2.50 bits per heavy atom. The summed E-state index contributed by atoms with van der Waals surface area (Å²) in [7, 11) is 0. The molecule has 0 aliphatic carbocycles. The van der Waals surface area contributed by atoms with Crippen LogP contribution in [0.25, 0.3) is 0 Å². The first-order chi connectivity index (χ1) is 7.56. The molecule has 0 amide bonds. The quantitative estimate of drug-likeness (QED) is 0.784. The highest BCUT2D eigenvalue weighted by Gasteiger charge is 2.11. The first-order valence-corrected chi connectivity index (χ1v) is 5.27. The molecule has 86 valence electrons. The van der Waals surface area contributed by atoms with Gasteiger partial charge >= 0.3 is 0 Å². The van der Waals surface area contributed by atoms with Gasteiger partial charge in [0, 0.05) is 5.92 Å². The summed E-state index contributed by atoms with van der Waals surface area (Å²) in [6, 6.07) is 0. The molecule has 16 heavy (non-hydrogen) atoms. The van der Waals surface area contributed by atoms with Gasteiger partial charge in [-0.1, -0.05) is 19.0 Å². The van der Waals surface area contributed by atoms with Crippen LogP contribution in [0.5, 0.6) is 0 Å². The molecule has 0 aliphatic heterocycles. The van der Waals surface area contributed by atoms with Crippen molar-refractivity contribution in [1.82, 2.24) is 24.9 Å². The number of hydrogen-bond donors (Lipinski definition) is 0. The first-order valence-electron chi connectivity index (χ1n) is 5.27. The normalized spacial score (nSPS) is 11.3. The van der Waals surface area contributed by atoms with Gasteiger partial charge in [-0.2, -0.15) is 10.1 Å². The average molecular weight is 221 g/mol. The molecule has 0 aromatic carbocycles. The smallest absolute Gasteiger partial charge is 0.248 e. The third-order valence-corrected chi connectivity index (χ3v) is 2.25. The number of aryl methyl sites for hydroxylation is 2. The Morgan fingerprint density at radius 1 is 1.25 bits per heavy atom. The van der Waals surface area contributed by atoms with Crippen LogP contribution in [0.4, 0.5) is 0 Å². The van der Waals surface area contributed by atoms with E-state index in [4.69, 9.17) is 4.52 Å². The zero-order valence-corrected chi connectivity index (χ0v) is 9.93. The molecule has 0 saturated heterocycles. The Bertz CT molecular complexity index is 485. The van der Waals surface area contributed by atoms with E-state index in [1.807, 2.05) is 27.7 Å². The van der Waals surface area contributed by atoms with Crippen molar-refractivity contribution in [3.05, 3.63) is 23.4 Å². The molecule has 6 nitrogen and oxygen atoms in total. The summed E-state index contributed by atoms with van der Waals surface area (Å²) in [5, 5.41) is 8.14. The van der Waals surface area contributed by atoms with Gasteiger partial charge in [-0.15, -0.1) is 0 Å². The minimum Gasteiger partial charge on any atom is -0.337 e. The predicted octanol–water partition coefficient (Wildman–Crippen LogP) is 1.45. The fraction of sp³-hybridized carbons (Fsp3) is 0.600.